The van der Waals surface area contributed by atoms with Crippen molar-refractivity contribution in [3.05, 3.63) is 65.1 Å². The number of carbonyl (C=O) groups is 1. The first-order chi connectivity index (χ1) is 13.6. The summed E-state index contributed by atoms with van der Waals surface area (Å²) in [6.07, 6.45) is 7.57. The van der Waals surface area contributed by atoms with Gasteiger partial charge in [0.25, 0.3) is 0 Å². The van der Waals surface area contributed by atoms with Crippen LogP contribution >= 0.6 is 11.6 Å². The van der Waals surface area contributed by atoms with Gasteiger partial charge in [0, 0.05) is 41.0 Å². The zero-order valence-corrected chi connectivity index (χ0v) is 16.7. The number of carbonyl (C=O) groups excluding carboxylic acids is 1. The number of nitrogens with zero attached hydrogens (tertiary/aromatic N) is 3. The molecule has 2 aromatic heterocycles. The molecular formula is C22H24ClN3O2. The fourth-order valence-corrected chi connectivity index (χ4v) is 4.04. The number of likely N-dealkylation sites (tertiary alicyclic amines) is 1. The molecule has 0 spiro atoms. The highest BCUT2D eigenvalue weighted by atomic mass is 35.5. The lowest BCUT2D eigenvalue weighted by Crippen LogP contribution is -2.46. The summed E-state index contributed by atoms with van der Waals surface area (Å²) in [5, 5.41) is 1.58. The first-order valence-corrected chi connectivity index (χ1v) is 10.0. The van der Waals surface area contributed by atoms with Crippen molar-refractivity contribution >= 4 is 28.5 Å². The van der Waals surface area contributed by atoms with E-state index in [1.807, 2.05) is 35.4 Å². The van der Waals surface area contributed by atoms with E-state index in [1.165, 1.54) is 0 Å². The first-order valence-electron chi connectivity index (χ1n) is 9.62. The molecule has 0 N–H and O–H groups in total. The molecule has 3 aromatic rings. The van der Waals surface area contributed by atoms with Crippen LogP contribution in [0.3, 0.4) is 0 Å². The highest BCUT2D eigenvalue weighted by Crippen LogP contribution is 2.26. The minimum absolute atomic E-state index is 0.121. The molecule has 1 aliphatic rings. The summed E-state index contributed by atoms with van der Waals surface area (Å²) < 4.78 is 5.62. The Kier molecular flexibility index (Phi) is 5.64. The summed E-state index contributed by atoms with van der Waals surface area (Å²) in [5.41, 5.74) is 2.67. The summed E-state index contributed by atoms with van der Waals surface area (Å²) >= 11 is 6.04. The van der Waals surface area contributed by atoms with E-state index >= 15 is 0 Å². The molecule has 1 aromatic carbocycles. The molecule has 0 bridgehead atoms. The van der Waals surface area contributed by atoms with Crippen molar-refractivity contribution in [2.45, 2.75) is 31.8 Å². The second kappa shape index (κ2) is 8.33. The summed E-state index contributed by atoms with van der Waals surface area (Å²) in [6, 6.07) is 9.73. The van der Waals surface area contributed by atoms with Crippen LogP contribution in [-0.2, 0) is 17.8 Å². The van der Waals surface area contributed by atoms with Crippen LogP contribution in [0.5, 0.6) is 0 Å². The van der Waals surface area contributed by atoms with Crippen LogP contribution in [0, 0.1) is 0 Å². The van der Waals surface area contributed by atoms with Gasteiger partial charge in [-0.3, -0.25) is 9.78 Å². The molecule has 1 saturated heterocycles. The molecule has 0 unspecified atom stereocenters. The maximum Gasteiger partial charge on any atom is 0.227 e. The van der Waals surface area contributed by atoms with Crippen molar-refractivity contribution in [2.24, 2.45) is 0 Å². The van der Waals surface area contributed by atoms with Crippen LogP contribution in [-0.4, -0.2) is 46.9 Å². The normalized spacial score (nSPS) is 15.8. The first kappa shape index (κ1) is 19.0. The Morgan fingerprint density at radius 1 is 1.32 bits per heavy atom. The molecule has 1 amide bonds. The Labute approximate surface area is 169 Å². The standard InChI is InChI=1S/C22H24ClN3O2/c1-25-9-6-19(7-10-25)26(14-16-3-2-8-24-13-16)22(27)11-17-15-28-21-12-18(23)4-5-20(17)21/h2-5,8,12-13,15,19H,6-7,9-11,14H2,1H3. The number of hydrogen-bond acceptors (Lipinski definition) is 4. The van der Waals surface area contributed by atoms with Gasteiger partial charge < -0.3 is 14.2 Å². The lowest BCUT2D eigenvalue weighted by atomic mass is 10.0. The lowest BCUT2D eigenvalue weighted by molar-refractivity contribution is -0.134. The molecule has 6 heteroatoms. The molecule has 0 aliphatic carbocycles. The van der Waals surface area contributed by atoms with Crippen LogP contribution in [0.1, 0.15) is 24.0 Å². The predicted molar refractivity (Wildman–Crippen MR) is 110 cm³/mol. The lowest BCUT2D eigenvalue weighted by Gasteiger charge is -2.37. The fraction of sp³-hybridized carbons (Fsp3) is 0.364. The van der Waals surface area contributed by atoms with Crippen molar-refractivity contribution in [1.82, 2.24) is 14.8 Å². The van der Waals surface area contributed by atoms with Gasteiger partial charge in [0.15, 0.2) is 0 Å². The van der Waals surface area contributed by atoms with Crippen molar-refractivity contribution in [3.63, 3.8) is 0 Å². The number of halogens is 1. The second-order valence-corrected chi connectivity index (χ2v) is 7.93. The quantitative estimate of drug-likeness (QED) is 0.649. The fourth-order valence-electron chi connectivity index (χ4n) is 3.87. The van der Waals surface area contributed by atoms with Gasteiger partial charge in [-0.1, -0.05) is 17.7 Å². The summed E-state index contributed by atoms with van der Waals surface area (Å²) in [6.45, 7) is 2.60. The van der Waals surface area contributed by atoms with Crippen LogP contribution in [0.2, 0.25) is 5.02 Å². The van der Waals surface area contributed by atoms with Gasteiger partial charge in [0.2, 0.25) is 5.91 Å². The van der Waals surface area contributed by atoms with Crippen molar-refractivity contribution in [2.75, 3.05) is 20.1 Å². The number of piperidine rings is 1. The van der Waals surface area contributed by atoms with Gasteiger partial charge in [0.1, 0.15) is 5.58 Å². The van der Waals surface area contributed by atoms with Gasteiger partial charge in [-0.05, 0) is 62.8 Å². The molecule has 28 heavy (non-hydrogen) atoms. The van der Waals surface area contributed by atoms with Crippen LogP contribution in [0.15, 0.2) is 53.4 Å². The minimum atomic E-state index is 0.121. The third-order valence-electron chi connectivity index (χ3n) is 5.48. The van der Waals surface area contributed by atoms with Crippen LogP contribution in [0.25, 0.3) is 11.0 Å². The van der Waals surface area contributed by atoms with E-state index in [0.29, 0.717) is 23.6 Å². The largest absolute Gasteiger partial charge is 0.464 e. The molecule has 0 radical (unpaired) electrons. The molecule has 3 heterocycles. The van der Waals surface area contributed by atoms with Crippen molar-refractivity contribution in [3.8, 4) is 0 Å². The van der Waals surface area contributed by atoms with E-state index in [-0.39, 0.29) is 11.9 Å². The van der Waals surface area contributed by atoms with E-state index in [2.05, 4.69) is 16.9 Å². The van der Waals surface area contributed by atoms with Crippen molar-refractivity contribution < 1.29 is 9.21 Å². The molecule has 1 aliphatic heterocycles. The van der Waals surface area contributed by atoms with Gasteiger partial charge in [-0.2, -0.15) is 0 Å². The Morgan fingerprint density at radius 2 is 2.14 bits per heavy atom. The number of pyridine rings is 1. The highest BCUT2D eigenvalue weighted by molar-refractivity contribution is 6.31. The maximum atomic E-state index is 13.3. The third-order valence-corrected chi connectivity index (χ3v) is 5.72. The molecule has 1 fully saturated rings. The smallest absolute Gasteiger partial charge is 0.227 e. The molecule has 146 valence electrons. The van der Waals surface area contributed by atoms with Gasteiger partial charge in [-0.25, -0.2) is 0 Å². The molecule has 5 nitrogen and oxygen atoms in total. The van der Waals surface area contributed by atoms with E-state index in [0.717, 1.165) is 42.4 Å². The highest BCUT2D eigenvalue weighted by Gasteiger charge is 2.27. The number of rotatable bonds is 5. The van der Waals surface area contributed by atoms with E-state index in [1.54, 1.807) is 18.5 Å². The van der Waals surface area contributed by atoms with Gasteiger partial charge >= 0.3 is 0 Å². The number of furan rings is 1. The predicted octanol–water partition coefficient (Wildman–Crippen LogP) is 4.15. The van der Waals surface area contributed by atoms with Gasteiger partial charge in [0.05, 0.1) is 12.7 Å². The average Bonchev–Trinajstić information content (AvgIpc) is 3.09. The van der Waals surface area contributed by atoms with Crippen LogP contribution in [0.4, 0.5) is 0 Å². The van der Waals surface area contributed by atoms with E-state index in [9.17, 15) is 4.79 Å². The summed E-state index contributed by atoms with van der Waals surface area (Å²) in [5.74, 6) is 0.121. The number of hydrogen-bond donors (Lipinski definition) is 0. The van der Waals surface area contributed by atoms with E-state index < -0.39 is 0 Å². The molecular weight excluding hydrogens is 374 g/mol. The topological polar surface area (TPSA) is 49.6 Å². The average molecular weight is 398 g/mol. The SMILES string of the molecule is CN1CCC(N(Cc2cccnc2)C(=O)Cc2coc3cc(Cl)ccc23)CC1. The zero-order chi connectivity index (χ0) is 19.5. The van der Waals surface area contributed by atoms with Crippen molar-refractivity contribution in [1.29, 1.82) is 0 Å². The van der Waals surface area contributed by atoms with Crippen LogP contribution < -0.4 is 0 Å². The van der Waals surface area contributed by atoms with E-state index in [4.69, 9.17) is 16.0 Å². The molecule has 0 atom stereocenters. The molecule has 0 saturated carbocycles. The maximum absolute atomic E-state index is 13.3. The Hall–Kier alpha value is -2.37. The second-order valence-electron chi connectivity index (χ2n) is 7.50. The Balaban J connectivity index is 1.56. The Bertz CT molecular complexity index is 949. The summed E-state index contributed by atoms with van der Waals surface area (Å²) in [4.78, 5) is 21.9. The number of fused-ring (bicyclic) bond motifs is 1. The monoisotopic (exact) mass is 397 g/mol. The number of benzene rings is 1. The molecule has 4 rings (SSSR count). The summed E-state index contributed by atoms with van der Waals surface area (Å²) in [7, 11) is 2.13. The Morgan fingerprint density at radius 3 is 2.89 bits per heavy atom. The number of amides is 1. The third kappa shape index (κ3) is 4.21. The minimum Gasteiger partial charge on any atom is -0.464 e. The zero-order valence-electron chi connectivity index (χ0n) is 16.0. The van der Waals surface area contributed by atoms with Gasteiger partial charge in [-0.15, -0.1) is 0 Å². The number of aromatic nitrogens is 1.